The second-order valence-corrected chi connectivity index (χ2v) is 6.31. The lowest BCUT2D eigenvalue weighted by Gasteiger charge is -2.25. The summed E-state index contributed by atoms with van der Waals surface area (Å²) in [5.41, 5.74) is 2.87. The predicted molar refractivity (Wildman–Crippen MR) is 94.7 cm³/mol. The van der Waals surface area contributed by atoms with Crippen LogP contribution in [0.3, 0.4) is 0 Å². The molecule has 1 aromatic carbocycles. The minimum atomic E-state index is 0.327. The molecule has 0 spiro atoms. The topological polar surface area (TPSA) is 63.3 Å². The SMILES string of the molecule is COc1c([C@H]2CCCN2CCOc2ccc(C#N)cc2)c(C)nn1C. The van der Waals surface area contributed by atoms with Crippen LogP contribution in [0.4, 0.5) is 0 Å². The fourth-order valence-electron chi connectivity index (χ4n) is 3.61. The summed E-state index contributed by atoms with van der Waals surface area (Å²) in [6.07, 6.45) is 2.28. The number of hydrogen-bond donors (Lipinski definition) is 0. The molecule has 1 aliphatic heterocycles. The van der Waals surface area contributed by atoms with Crippen LogP contribution in [0.25, 0.3) is 0 Å². The Morgan fingerprint density at radius 1 is 1.32 bits per heavy atom. The average Bonchev–Trinajstić information content (AvgIpc) is 3.18. The smallest absolute Gasteiger partial charge is 0.216 e. The Labute approximate surface area is 148 Å². The second kappa shape index (κ2) is 7.58. The lowest BCUT2D eigenvalue weighted by Crippen LogP contribution is -2.28. The maximum Gasteiger partial charge on any atom is 0.216 e. The van der Waals surface area contributed by atoms with Crippen LogP contribution < -0.4 is 9.47 Å². The Morgan fingerprint density at radius 3 is 2.76 bits per heavy atom. The Kier molecular flexibility index (Phi) is 5.25. The first kappa shape index (κ1) is 17.3. The first-order valence-electron chi connectivity index (χ1n) is 8.58. The number of rotatable bonds is 6. The van der Waals surface area contributed by atoms with E-state index in [2.05, 4.69) is 16.1 Å². The molecule has 1 fully saturated rings. The molecule has 2 aromatic rings. The number of ether oxygens (including phenoxy) is 2. The van der Waals surface area contributed by atoms with Gasteiger partial charge in [0.2, 0.25) is 5.88 Å². The van der Waals surface area contributed by atoms with E-state index in [4.69, 9.17) is 14.7 Å². The van der Waals surface area contributed by atoms with Crippen LogP contribution in [0.5, 0.6) is 11.6 Å². The Morgan fingerprint density at radius 2 is 2.08 bits per heavy atom. The molecule has 0 N–H and O–H groups in total. The number of hydrogen-bond acceptors (Lipinski definition) is 5. The molecule has 1 atom stereocenters. The third-order valence-electron chi connectivity index (χ3n) is 4.73. The van der Waals surface area contributed by atoms with E-state index < -0.39 is 0 Å². The molecule has 0 aliphatic carbocycles. The molecule has 0 radical (unpaired) electrons. The highest BCUT2D eigenvalue weighted by molar-refractivity contribution is 5.35. The number of aromatic nitrogens is 2. The van der Waals surface area contributed by atoms with E-state index in [1.165, 1.54) is 12.0 Å². The molecule has 3 rings (SSSR count). The van der Waals surface area contributed by atoms with Crippen molar-refractivity contribution in [3.8, 4) is 17.7 Å². The van der Waals surface area contributed by atoms with Crippen molar-refractivity contribution < 1.29 is 9.47 Å². The summed E-state index contributed by atoms with van der Waals surface area (Å²) < 4.78 is 13.2. The van der Waals surface area contributed by atoms with E-state index in [0.29, 0.717) is 18.2 Å². The zero-order valence-corrected chi connectivity index (χ0v) is 15.0. The van der Waals surface area contributed by atoms with E-state index >= 15 is 0 Å². The molecule has 2 heterocycles. The number of aryl methyl sites for hydroxylation is 2. The van der Waals surface area contributed by atoms with Gasteiger partial charge in [-0.15, -0.1) is 0 Å². The zero-order chi connectivity index (χ0) is 17.8. The zero-order valence-electron chi connectivity index (χ0n) is 15.0. The van der Waals surface area contributed by atoms with Gasteiger partial charge in [0.1, 0.15) is 12.4 Å². The molecule has 0 saturated carbocycles. The molecule has 132 valence electrons. The van der Waals surface area contributed by atoms with Gasteiger partial charge in [0.25, 0.3) is 0 Å². The fourth-order valence-corrected chi connectivity index (χ4v) is 3.61. The van der Waals surface area contributed by atoms with Gasteiger partial charge < -0.3 is 9.47 Å². The molecule has 1 aliphatic rings. The highest BCUT2D eigenvalue weighted by Gasteiger charge is 2.31. The van der Waals surface area contributed by atoms with Crippen molar-refractivity contribution in [3.05, 3.63) is 41.1 Å². The van der Waals surface area contributed by atoms with Crippen molar-refractivity contribution >= 4 is 0 Å². The van der Waals surface area contributed by atoms with E-state index in [1.54, 1.807) is 19.2 Å². The van der Waals surface area contributed by atoms with Gasteiger partial charge >= 0.3 is 0 Å². The summed E-state index contributed by atoms with van der Waals surface area (Å²) in [5.74, 6) is 1.65. The van der Waals surface area contributed by atoms with Crippen LogP contribution >= 0.6 is 0 Å². The number of likely N-dealkylation sites (tertiary alicyclic amines) is 1. The van der Waals surface area contributed by atoms with Crippen molar-refractivity contribution in [2.45, 2.75) is 25.8 Å². The summed E-state index contributed by atoms with van der Waals surface area (Å²) >= 11 is 0. The lowest BCUT2D eigenvalue weighted by molar-refractivity contribution is 0.194. The van der Waals surface area contributed by atoms with Crippen LogP contribution in [0, 0.1) is 18.3 Å². The summed E-state index contributed by atoms with van der Waals surface area (Å²) in [4.78, 5) is 2.44. The number of nitriles is 1. The minimum Gasteiger partial charge on any atom is -0.492 e. The minimum absolute atomic E-state index is 0.327. The maximum absolute atomic E-state index is 8.84. The van der Waals surface area contributed by atoms with Crippen molar-refractivity contribution in [2.75, 3.05) is 26.8 Å². The second-order valence-electron chi connectivity index (χ2n) is 6.31. The Bertz CT molecular complexity index is 761. The standard InChI is InChI=1S/C19H24N4O2/c1-14-18(19(24-3)22(2)21-14)17-5-4-10-23(17)11-12-25-16-8-6-15(13-20)7-9-16/h6-9,17H,4-5,10-12H2,1-3H3/t17-/m1/s1. The molecule has 6 nitrogen and oxygen atoms in total. The third kappa shape index (κ3) is 3.62. The van der Waals surface area contributed by atoms with Gasteiger partial charge in [-0.2, -0.15) is 10.4 Å². The third-order valence-corrected chi connectivity index (χ3v) is 4.73. The van der Waals surface area contributed by atoms with Crippen LogP contribution in [0.2, 0.25) is 0 Å². The number of benzene rings is 1. The van der Waals surface area contributed by atoms with Gasteiger partial charge in [0, 0.05) is 19.6 Å². The van der Waals surface area contributed by atoms with Gasteiger partial charge in [0.05, 0.1) is 30.0 Å². The summed E-state index contributed by atoms with van der Waals surface area (Å²) in [5, 5.41) is 13.4. The quantitative estimate of drug-likeness (QED) is 0.809. The summed E-state index contributed by atoms with van der Waals surface area (Å²) in [7, 11) is 3.62. The van der Waals surface area contributed by atoms with Gasteiger partial charge in [-0.3, -0.25) is 4.90 Å². The largest absolute Gasteiger partial charge is 0.492 e. The molecule has 25 heavy (non-hydrogen) atoms. The van der Waals surface area contributed by atoms with Crippen LogP contribution in [0.1, 0.15) is 35.7 Å². The van der Waals surface area contributed by atoms with Crippen LogP contribution in [0.15, 0.2) is 24.3 Å². The highest BCUT2D eigenvalue weighted by Crippen LogP contribution is 2.38. The molecule has 0 bridgehead atoms. The molecule has 1 saturated heterocycles. The fraction of sp³-hybridized carbons (Fsp3) is 0.474. The van der Waals surface area contributed by atoms with Crippen molar-refractivity contribution in [1.82, 2.24) is 14.7 Å². The summed E-state index contributed by atoms with van der Waals surface area (Å²) in [6.45, 7) is 4.56. The first-order chi connectivity index (χ1) is 12.1. The molecular formula is C19H24N4O2. The van der Waals surface area contributed by atoms with E-state index in [1.807, 2.05) is 30.8 Å². The normalized spacial score (nSPS) is 17.4. The molecular weight excluding hydrogens is 316 g/mol. The number of methoxy groups -OCH3 is 1. The highest BCUT2D eigenvalue weighted by atomic mass is 16.5. The van der Waals surface area contributed by atoms with E-state index in [-0.39, 0.29) is 0 Å². The molecule has 6 heteroatoms. The van der Waals surface area contributed by atoms with Crippen LogP contribution in [-0.4, -0.2) is 41.5 Å². The first-order valence-corrected chi connectivity index (χ1v) is 8.58. The van der Waals surface area contributed by atoms with E-state index in [0.717, 1.165) is 36.8 Å². The monoisotopic (exact) mass is 340 g/mol. The van der Waals surface area contributed by atoms with E-state index in [9.17, 15) is 0 Å². The average molecular weight is 340 g/mol. The maximum atomic E-state index is 8.84. The van der Waals surface area contributed by atoms with Gasteiger partial charge in [0.15, 0.2) is 0 Å². The van der Waals surface area contributed by atoms with Gasteiger partial charge in [-0.1, -0.05) is 0 Å². The Hall–Kier alpha value is -2.52. The van der Waals surface area contributed by atoms with Crippen LogP contribution in [-0.2, 0) is 7.05 Å². The van der Waals surface area contributed by atoms with Gasteiger partial charge in [-0.05, 0) is 50.6 Å². The lowest BCUT2D eigenvalue weighted by atomic mass is 10.1. The van der Waals surface area contributed by atoms with Crippen molar-refractivity contribution in [1.29, 1.82) is 5.26 Å². The molecule has 1 aromatic heterocycles. The van der Waals surface area contributed by atoms with Gasteiger partial charge in [-0.25, -0.2) is 4.68 Å². The van der Waals surface area contributed by atoms with Crippen molar-refractivity contribution in [3.63, 3.8) is 0 Å². The Balaban J connectivity index is 1.63. The number of nitrogens with zero attached hydrogens (tertiary/aromatic N) is 4. The molecule has 0 amide bonds. The molecule has 0 unspecified atom stereocenters. The predicted octanol–water partition coefficient (Wildman–Crippen LogP) is 2.82. The van der Waals surface area contributed by atoms with Crippen molar-refractivity contribution in [2.24, 2.45) is 7.05 Å². The summed E-state index contributed by atoms with van der Waals surface area (Å²) in [6, 6.07) is 9.68.